The fraction of sp³-hybridized carbons (Fsp3) is 0.154. The highest BCUT2D eigenvalue weighted by Gasteiger charge is 2.33. The summed E-state index contributed by atoms with van der Waals surface area (Å²) in [4.78, 5) is 13.9. The topological polar surface area (TPSA) is 49.3 Å². The molecule has 1 aliphatic heterocycles. The zero-order valence-electron chi connectivity index (χ0n) is 9.37. The van der Waals surface area contributed by atoms with Gasteiger partial charge in [0.15, 0.2) is 0 Å². The van der Waals surface area contributed by atoms with E-state index in [0.717, 1.165) is 15.5 Å². The van der Waals surface area contributed by atoms with Crippen molar-refractivity contribution in [2.24, 2.45) is 0 Å². The van der Waals surface area contributed by atoms with Crippen molar-refractivity contribution in [3.63, 3.8) is 0 Å². The van der Waals surface area contributed by atoms with Crippen LogP contribution in [0.25, 0.3) is 0 Å². The zero-order valence-corrected chi connectivity index (χ0v) is 11.0. The van der Waals surface area contributed by atoms with Crippen LogP contribution in [0.2, 0.25) is 0 Å². The van der Waals surface area contributed by atoms with E-state index in [1.165, 1.54) is 11.8 Å². The molecule has 0 radical (unpaired) electrons. The van der Waals surface area contributed by atoms with Crippen LogP contribution < -0.4 is 5.32 Å². The number of benzene rings is 1. The SMILES string of the molecule is O=C1Nc2ccccc2S[C@@H](c2cccs2)[C@H]1O. The van der Waals surface area contributed by atoms with Gasteiger partial charge in [0, 0.05) is 9.77 Å². The van der Waals surface area contributed by atoms with Gasteiger partial charge in [-0.05, 0) is 23.6 Å². The second-order valence-electron chi connectivity index (χ2n) is 3.98. The standard InChI is InChI=1S/C13H11NO2S2/c15-11-12(10-6-3-7-17-10)18-9-5-2-1-4-8(9)14-13(11)16/h1-7,11-12,15H,(H,14,16)/t11-,12+/m1/s1. The van der Waals surface area contributed by atoms with Crippen LogP contribution in [-0.4, -0.2) is 17.1 Å². The van der Waals surface area contributed by atoms with Crippen molar-refractivity contribution < 1.29 is 9.90 Å². The molecule has 5 heteroatoms. The minimum Gasteiger partial charge on any atom is -0.382 e. The van der Waals surface area contributed by atoms with E-state index in [1.54, 1.807) is 11.3 Å². The minimum absolute atomic E-state index is 0.242. The summed E-state index contributed by atoms with van der Waals surface area (Å²) in [5.41, 5.74) is 0.769. The number of carbonyl (C=O) groups excluding carboxylic acids is 1. The molecule has 0 aliphatic carbocycles. The highest BCUT2D eigenvalue weighted by Crippen LogP contribution is 2.44. The lowest BCUT2D eigenvalue weighted by Crippen LogP contribution is -2.30. The van der Waals surface area contributed by atoms with E-state index in [2.05, 4.69) is 5.32 Å². The van der Waals surface area contributed by atoms with Gasteiger partial charge in [0.05, 0.1) is 10.9 Å². The van der Waals surface area contributed by atoms with Crippen LogP contribution >= 0.6 is 23.1 Å². The van der Waals surface area contributed by atoms with Gasteiger partial charge in [0.1, 0.15) is 6.10 Å². The van der Waals surface area contributed by atoms with Gasteiger partial charge in [0.2, 0.25) is 0 Å². The number of nitrogens with one attached hydrogen (secondary N) is 1. The predicted octanol–water partition coefficient (Wildman–Crippen LogP) is 2.89. The molecule has 3 rings (SSSR count). The summed E-state index contributed by atoms with van der Waals surface area (Å²) in [5, 5.41) is 14.6. The number of fused-ring (bicyclic) bond motifs is 1. The van der Waals surface area contributed by atoms with Crippen molar-refractivity contribution in [3.05, 3.63) is 46.7 Å². The summed E-state index contributed by atoms with van der Waals surface area (Å²) >= 11 is 3.08. The average Bonchev–Trinajstić information content (AvgIpc) is 2.86. The second-order valence-corrected chi connectivity index (χ2v) is 6.15. The first-order valence-electron chi connectivity index (χ1n) is 5.54. The molecule has 3 nitrogen and oxygen atoms in total. The Kier molecular flexibility index (Phi) is 3.11. The molecular weight excluding hydrogens is 266 g/mol. The number of hydrogen-bond acceptors (Lipinski definition) is 4. The maximum Gasteiger partial charge on any atom is 0.254 e. The van der Waals surface area contributed by atoms with E-state index in [0.29, 0.717) is 0 Å². The molecule has 2 heterocycles. The quantitative estimate of drug-likeness (QED) is 0.842. The third-order valence-electron chi connectivity index (χ3n) is 2.78. The number of thioether (sulfide) groups is 1. The number of carbonyl (C=O) groups is 1. The zero-order chi connectivity index (χ0) is 12.5. The minimum atomic E-state index is -1.03. The van der Waals surface area contributed by atoms with Crippen LogP contribution in [0.3, 0.4) is 0 Å². The van der Waals surface area contributed by atoms with Crippen LogP contribution in [0.1, 0.15) is 10.1 Å². The summed E-state index contributed by atoms with van der Waals surface area (Å²) in [7, 11) is 0. The lowest BCUT2D eigenvalue weighted by atomic mass is 10.2. The molecule has 2 N–H and O–H groups in total. The van der Waals surface area contributed by atoms with Crippen molar-refractivity contribution in [2.45, 2.75) is 16.2 Å². The van der Waals surface area contributed by atoms with Crippen LogP contribution in [0, 0.1) is 0 Å². The third-order valence-corrected chi connectivity index (χ3v) is 5.26. The molecule has 0 spiro atoms. The maximum absolute atomic E-state index is 11.9. The summed E-state index contributed by atoms with van der Waals surface area (Å²) in [5.74, 6) is -0.342. The summed E-state index contributed by atoms with van der Waals surface area (Å²) in [6.07, 6.45) is -1.03. The second kappa shape index (κ2) is 4.76. The first-order chi connectivity index (χ1) is 8.75. The van der Waals surface area contributed by atoms with E-state index in [-0.39, 0.29) is 11.2 Å². The van der Waals surface area contributed by atoms with E-state index in [4.69, 9.17) is 0 Å². The van der Waals surface area contributed by atoms with Gasteiger partial charge in [-0.2, -0.15) is 0 Å². The largest absolute Gasteiger partial charge is 0.382 e. The molecule has 2 aromatic rings. The Labute approximate surface area is 113 Å². The van der Waals surface area contributed by atoms with Crippen LogP contribution in [0.4, 0.5) is 5.69 Å². The number of rotatable bonds is 1. The molecule has 1 aromatic heterocycles. The molecule has 0 saturated carbocycles. The Bertz CT molecular complexity index is 568. The van der Waals surface area contributed by atoms with E-state index < -0.39 is 6.10 Å². The summed E-state index contributed by atoms with van der Waals surface area (Å²) < 4.78 is 0. The number of aliphatic hydroxyl groups is 1. The fourth-order valence-corrected chi connectivity index (χ4v) is 4.05. The van der Waals surface area contributed by atoms with Crippen molar-refractivity contribution in [1.82, 2.24) is 0 Å². The Morgan fingerprint density at radius 2 is 2.00 bits per heavy atom. The molecule has 1 aliphatic rings. The predicted molar refractivity (Wildman–Crippen MR) is 74.0 cm³/mol. The number of amides is 1. The number of thiophene rings is 1. The van der Waals surface area contributed by atoms with Crippen molar-refractivity contribution in [1.29, 1.82) is 0 Å². The molecule has 0 fully saturated rings. The van der Waals surface area contributed by atoms with Gasteiger partial charge in [-0.1, -0.05) is 18.2 Å². The molecule has 1 aromatic carbocycles. The molecule has 92 valence electrons. The molecule has 0 bridgehead atoms. The lowest BCUT2D eigenvalue weighted by molar-refractivity contribution is -0.123. The van der Waals surface area contributed by atoms with E-state index in [9.17, 15) is 9.90 Å². The van der Waals surface area contributed by atoms with Crippen molar-refractivity contribution in [2.75, 3.05) is 5.32 Å². The first-order valence-corrected chi connectivity index (χ1v) is 7.29. The van der Waals surface area contributed by atoms with Crippen molar-refractivity contribution in [3.8, 4) is 0 Å². The normalized spacial score (nSPS) is 23.1. The van der Waals surface area contributed by atoms with Gasteiger partial charge in [-0.15, -0.1) is 23.1 Å². The highest BCUT2D eigenvalue weighted by molar-refractivity contribution is 8.00. The lowest BCUT2D eigenvalue weighted by Gasteiger charge is -2.16. The molecule has 18 heavy (non-hydrogen) atoms. The van der Waals surface area contributed by atoms with Gasteiger partial charge >= 0.3 is 0 Å². The van der Waals surface area contributed by atoms with Gasteiger partial charge in [-0.3, -0.25) is 4.79 Å². The van der Waals surface area contributed by atoms with Gasteiger partial charge in [-0.25, -0.2) is 0 Å². The van der Waals surface area contributed by atoms with Crippen molar-refractivity contribution >= 4 is 34.7 Å². The molecule has 2 atom stereocenters. The Balaban J connectivity index is 2.03. The Morgan fingerprint density at radius 3 is 2.78 bits per heavy atom. The Hall–Kier alpha value is -1.30. The number of anilines is 1. The monoisotopic (exact) mass is 277 g/mol. The first kappa shape index (κ1) is 11.8. The molecule has 1 amide bonds. The smallest absolute Gasteiger partial charge is 0.254 e. The van der Waals surface area contributed by atoms with E-state index >= 15 is 0 Å². The number of aliphatic hydroxyl groups excluding tert-OH is 1. The van der Waals surface area contributed by atoms with Gasteiger partial charge < -0.3 is 10.4 Å². The highest BCUT2D eigenvalue weighted by atomic mass is 32.2. The number of para-hydroxylation sites is 1. The van der Waals surface area contributed by atoms with Crippen LogP contribution in [0.15, 0.2) is 46.7 Å². The van der Waals surface area contributed by atoms with Crippen LogP contribution in [0.5, 0.6) is 0 Å². The maximum atomic E-state index is 11.9. The third kappa shape index (κ3) is 2.05. The van der Waals surface area contributed by atoms with Crippen LogP contribution in [-0.2, 0) is 4.79 Å². The average molecular weight is 277 g/mol. The summed E-state index contributed by atoms with van der Waals surface area (Å²) in [6.45, 7) is 0. The summed E-state index contributed by atoms with van der Waals surface area (Å²) in [6, 6.07) is 11.5. The fourth-order valence-electron chi connectivity index (χ4n) is 1.88. The number of hydrogen-bond donors (Lipinski definition) is 2. The van der Waals surface area contributed by atoms with E-state index in [1.807, 2.05) is 41.8 Å². The van der Waals surface area contributed by atoms with Gasteiger partial charge in [0.25, 0.3) is 5.91 Å². The molecule has 0 saturated heterocycles. The molecular formula is C13H11NO2S2. The Morgan fingerprint density at radius 1 is 1.17 bits per heavy atom. The molecule has 0 unspecified atom stereocenters.